The smallest absolute Gasteiger partial charge is 0.119 e. The third kappa shape index (κ3) is 1.71. The molecule has 0 spiro atoms. The standard InChI is InChI=1S/C12H15NO2S/c1-14-8-2-3-11-9(6-8)12-10(7-16-11)13-4-5-15-12/h2-3,6,10,12-13H,4-5,7H2,1H3/t10-,12+/m0/s1. The van der Waals surface area contributed by atoms with Gasteiger partial charge in [-0.2, -0.15) is 0 Å². The van der Waals surface area contributed by atoms with E-state index in [0.29, 0.717) is 6.04 Å². The predicted octanol–water partition coefficient (Wildman–Crippen LogP) is 1.83. The number of morpholine rings is 1. The Kier molecular flexibility index (Phi) is 2.79. The minimum absolute atomic E-state index is 0.195. The number of benzene rings is 1. The maximum absolute atomic E-state index is 5.88. The van der Waals surface area contributed by atoms with Crippen LogP contribution in [0.4, 0.5) is 0 Å². The fourth-order valence-corrected chi connectivity index (χ4v) is 3.45. The summed E-state index contributed by atoms with van der Waals surface area (Å²) in [5.74, 6) is 2.00. The first-order valence-corrected chi connectivity index (χ1v) is 6.53. The second-order valence-electron chi connectivity index (χ2n) is 4.07. The Labute approximate surface area is 99.5 Å². The highest BCUT2D eigenvalue weighted by atomic mass is 32.2. The molecule has 0 radical (unpaired) electrons. The minimum Gasteiger partial charge on any atom is -0.497 e. The van der Waals surface area contributed by atoms with E-state index in [2.05, 4.69) is 17.4 Å². The van der Waals surface area contributed by atoms with Crippen molar-refractivity contribution in [2.45, 2.75) is 17.0 Å². The molecular formula is C12H15NO2S. The second kappa shape index (κ2) is 4.28. The number of nitrogens with one attached hydrogen (secondary N) is 1. The molecule has 3 nitrogen and oxygen atoms in total. The summed E-state index contributed by atoms with van der Waals surface area (Å²) in [5, 5.41) is 3.51. The number of fused-ring (bicyclic) bond motifs is 3. The number of hydrogen-bond acceptors (Lipinski definition) is 4. The molecule has 4 heteroatoms. The number of methoxy groups -OCH3 is 1. The van der Waals surface area contributed by atoms with Crippen LogP contribution in [0.25, 0.3) is 0 Å². The van der Waals surface area contributed by atoms with E-state index in [4.69, 9.17) is 9.47 Å². The lowest BCUT2D eigenvalue weighted by molar-refractivity contribution is -0.00198. The summed E-state index contributed by atoms with van der Waals surface area (Å²) in [4.78, 5) is 1.32. The molecule has 16 heavy (non-hydrogen) atoms. The molecular weight excluding hydrogens is 222 g/mol. The molecule has 3 rings (SSSR count). The van der Waals surface area contributed by atoms with E-state index in [1.807, 2.05) is 17.8 Å². The van der Waals surface area contributed by atoms with Crippen LogP contribution >= 0.6 is 11.8 Å². The molecule has 2 heterocycles. The van der Waals surface area contributed by atoms with Crippen molar-refractivity contribution in [1.29, 1.82) is 0 Å². The highest BCUT2D eigenvalue weighted by molar-refractivity contribution is 7.99. The maximum Gasteiger partial charge on any atom is 0.119 e. The molecule has 0 amide bonds. The van der Waals surface area contributed by atoms with Crippen molar-refractivity contribution >= 4 is 11.8 Å². The minimum atomic E-state index is 0.195. The average Bonchev–Trinajstić information content (AvgIpc) is 2.38. The van der Waals surface area contributed by atoms with Crippen molar-refractivity contribution in [3.05, 3.63) is 23.8 Å². The van der Waals surface area contributed by atoms with Gasteiger partial charge in [-0.15, -0.1) is 11.8 Å². The zero-order chi connectivity index (χ0) is 11.0. The molecule has 0 aliphatic carbocycles. The third-order valence-electron chi connectivity index (χ3n) is 3.11. The molecule has 86 valence electrons. The lowest BCUT2D eigenvalue weighted by atomic mass is 10.0. The van der Waals surface area contributed by atoms with Gasteiger partial charge in [0.25, 0.3) is 0 Å². The molecule has 0 aromatic heterocycles. The van der Waals surface area contributed by atoms with E-state index < -0.39 is 0 Å². The van der Waals surface area contributed by atoms with Crippen LogP contribution in [0, 0.1) is 0 Å². The fourth-order valence-electron chi connectivity index (χ4n) is 2.29. The lowest BCUT2D eigenvalue weighted by Crippen LogP contribution is -2.46. The Bertz CT molecular complexity index is 397. The molecule has 0 bridgehead atoms. The summed E-state index contributed by atoms with van der Waals surface area (Å²) in [6.45, 7) is 1.75. The molecule has 0 unspecified atom stereocenters. The Hall–Kier alpha value is -0.710. The van der Waals surface area contributed by atoms with Gasteiger partial charge in [-0.05, 0) is 23.8 Å². The highest BCUT2D eigenvalue weighted by Gasteiger charge is 2.33. The van der Waals surface area contributed by atoms with Crippen LogP contribution in [-0.4, -0.2) is 32.1 Å². The summed E-state index contributed by atoms with van der Waals surface area (Å²) in [6, 6.07) is 6.69. The van der Waals surface area contributed by atoms with Crippen molar-refractivity contribution in [1.82, 2.24) is 5.32 Å². The molecule has 2 aliphatic heterocycles. The van der Waals surface area contributed by atoms with Gasteiger partial charge in [-0.25, -0.2) is 0 Å². The molecule has 2 atom stereocenters. The van der Waals surface area contributed by atoms with Crippen LogP contribution in [0.2, 0.25) is 0 Å². The summed E-state index contributed by atoms with van der Waals surface area (Å²) < 4.78 is 11.2. The first-order valence-electron chi connectivity index (χ1n) is 5.54. The Morgan fingerprint density at radius 2 is 2.44 bits per heavy atom. The van der Waals surface area contributed by atoms with Gasteiger partial charge >= 0.3 is 0 Å². The molecule has 1 fully saturated rings. The molecule has 1 aromatic rings. The Morgan fingerprint density at radius 3 is 3.31 bits per heavy atom. The van der Waals surface area contributed by atoms with E-state index in [1.165, 1.54) is 10.5 Å². The number of ether oxygens (including phenoxy) is 2. The third-order valence-corrected chi connectivity index (χ3v) is 4.32. The van der Waals surface area contributed by atoms with Crippen molar-refractivity contribution < 1.29 is 9.47 Å². The zero-order valence-electron chi connectivity index (χ0n) is 9.23. The van der Waals surface area contributed by atoms with E-state index in [1.54, 1.807) is 7.11 Å². The van der Waals surface area contributed by atoms with E-state index in [9.17, 15) is 0 Å². The van der Waals surface area contributed by atoms with Gasteiger partial charge in [0.15, 0.2) is 0 Å². The molecule has 2 aliphatic rings. The Morgan fingerprint density at radius 1 is 1.50 bits per heavy atom. The van der Waals surface area contributed by atoms with Gasteiger partial charge < -0.3 is 14.8 Å². The molecule has 0 saturated carbocycles. The van der Waals surface area contributed by atoms with E-state index in [-0.39, 0.29) is 6.10 Å². The van der Waals surface area contributed by atoms with Crippen LogP contribution in [0.3, 0.4) is 0 Å². The summed E-state index contributed by atoms with van der Waals surface area (Å²) >= 11 is 1.90. The lowest BCUT2D eigenvalue weighted by Gasteiger charge is -2.37. The normalized spacial score (nSPS) is 28.1. The largest absolute Gasteiger partial charge is 0.497 e. The monoisotopic (exact) mass is 237 g/mol. The van der Waals surface area contributed by atoms with E-state index in [0.717, 1.165) is 24.7 Å². The van der Waals surface area contributed by atoms with Crippen molar-refractivity contribution in [2.24, 2.45) is 0 Å². The Balaban J connectivity index is 1.98. The second-order valence-corrected chi connectivity index (χ2v) is 5.13. The van der Waals surface area contributed by atoms with Gasteiger partial charge in [0, 0.05) is 23.2 Å². The summed E-state index contributed by atoms with van der Waals surface area (Å²) in [5.41, 5.74) is 1.27. The number of rotatable bonds is 1. The molecule has 1 N–H and O–H groups in total. The van der Waals surface area contributed by atoms with Gasteiger partial charge in [0.05, 0.1) is 19.8 Å². The van der Waals surface area contributed by atoms with Gasteiger partial charge in [0.1, 0.15) is 5.75 Å². The van der Waals surface area contributed by atoms with Gasteiger partial charge in [-0.3, -0.25) is 0 Å². The van der Waals surface area contributed by atoms with Crippen molar-refractivity contribution in [2.75, 3.05) is 26.0 Å². The molecule has 1 aromatic carbocycles. The highest BCUT2D eigenvalue weighted by Crippen LogP contribution is 2.40. The van der Waals surface area contributed by atoms with Crippen molar-refractivity contribution in [3.63, 3.8) is 0 Å². The van der Waals surface area contributed by atoms with Crippen LogP contribution in [-0.2, 0) is 4.74 Å². The quantitative estimate of drug-likeness (QED) is 0.807. The van der Waals surface area contributed by atoms with Crippen LogP contribution in [0.5, 0.6) is 5.75 Å². The SMILES string of the molecule is COc1ccc2c(c1)[C@H]1OCCN[C@H]1CS2. The fraction of sp³-hybridized carbons (Fsp3) is 0.500. The molecule has 1 saturated heterocycles. The first-order chi connectivity index (χ1) is 7.88. The first kappa shape index (κ1) is 10.4. The summed E-state index contributed by atoms with van der Waals surface area (Å²) in [6.07, 6.45) is 0.195. The number of hydrogen-bond donors (Lipinski definition) is 1. The van der Waals surface area contributed by atoms with Gasteiger partial charge in [0.2, 0.25) is 0 Å². The average molecular weight is 237 g/mol. The van der Waals surface area contributed by atoms with E-state index >= 15 is 0 Å². The maximum atomic E-state index is 5.88. The van der Waals surface area contributed by atoms with Gasteiger partial charge in [-0.1, -0.05) is 0 Å². The predicted molar refractivity (Wildman–Crippen MR) is 64.2 cm³/mol. The zero-order valence-corrected chi connectivity index (χ0v) is 10.0. The number of thioether (sulfide) groups is 1. The topological polar surface area (TPSA) is 30.5 Å². The van der Waals surface area contributed by atoms with Crippen LogP contribution < -0.4 is 10.1 Å². The van der Waals surface area contributed by atoms with Crippen molar-refractivity contribution in [3.8, 4) is 5.75 Å². The van der Waals surface area contributed by atoms with Crippen LogP contribution in [0.15, 0.2) is 23.1 Å². The summed E-state index contributed by atoms with van der Waals surface area (Å²) in [7, 11) is 1.70. The van der Waals surface area contributed by atoms with Crippen LogP contribution in [0.1, 0.15) is 11.7 Å².